The Labute approximate surface area is 116 Å². The summed E-state index contributed by atoms with van der Waals surface area (Å²) in [4.78, 5) is 10.7. The number of methoxy groups -OCH3 is 1. The van der Waals surface area contributed by atoms with Gasteiger partial charge in [-0.05, 0) is 6.92 Å². The Kier molecular flexibility index (Phi) is 4.41. The summed E-state index contributed by atoms with van der Waals surface area (Å²) in [5.74, 6) is -1.48. The number of carbonyl (C=O) groups excluding carboxylic acids is 1. The number of ether oxygens (including phenoxy) is 1. The van der Waals surface area contributed by atoms with Crippen LogP contribution in [0.5, 0.6) is 0 Å². The van der Waals surface area contributed by atoms with Gasteiger partial charge in [-0.1, -0.05) is 0 Å². The van der Waals surface area contributed by atoms with E-state index in [4.69, 9.17) is 5.14 Å². The SMILES string of the molecule is COC(=O)C(C)S(=O)(=O)Nc1nn(C)cc1S(N)(=O)=O. The van der Waals surface area contributed by atoms with E-state index in [-0.39, 0.29) is 0 Å². The van der Waals surface area contributed by atoms with Crippen LogP contribution in [0.25, 0.3) is 0 Å². The number of anilines is 1. The van der Waals surface area contributed by atoms with Crippen molar-refractivity contribution < 1.29 is 26.4 Å². The number of sulfonamides is 2. The number of aryl methyl sites for hydroxylation is 1. The third-order valence-electron chi connectivity index (χ3n) is 2.34. The van der Waals surface area contributed by atoms with Crippen molar-refractivity contribution in [3.63, 3.8) is 0 Å². The van der Waals surface area contributed by atoms with Gasteiger partial charge in [-0.25, -0.2) is 22.0 Å². The lowest BCUT2D eigenvalue weighted by Crippen LogP contribution is -2.33. The van der Waals surface area contributed by atoms with Gasteiger partial charge in [-0.3, -0.25) is 14.2 Å². The monoisotopic (exact) mass is 326 g/mol. The molecule has 0 saturated carbocycles. The number of nitrogens with two attached hydrogens (primary N) is 1. The zero-order chi connectivity index (χ0) is 15.7. The van der Waals surface area contributed by atoms with Gasteiger partial charge in [0.2, 0.25) is 20.0 Å². The van der Waals surface area contributed by atoms with E-state index in [1.807, 2.05) is 4.72 Å². The van der Waals surface area contributed by atoms with Crippen molar-refractivity contribution in [2.45, 2.75) is 17.1 Å². The van der Waals surface area contributed by atoms with Crippen LogP contribution in [0.2, 0.25) is 0 Å². The van der Waals surface area contributed by atoms with Crippen LogP contribution in [0, 0.1) is 0 Å². The first-order valence-electron chi connectivity index (χ1n) is 5.15. The Morgan fingerprint density at radius 2 is 2.00 bits per heavy atom. The molecular formula is C8H14N4O6S2. The molecule has 20 heavy (non-hydrogen) atoms. The lowest BCUT2D eigenvalue weighted by atomic mass is 10.5. The second-order valence-corrected chi connectivity index (χ2v) is 7.40. The molecule has 0 aromatic carbocycles. The molecule has 12 heteroatoms. The molecule has 0 aliphatic carbocycles. The molecule has 0 saturated heterocycles. The maximum atomic E-state index is 11.9. The third-order valence-corrected chi connectivity index (χ3v) is 4.85. The predicted octanol–water partition coefficient (Wildman–Crippen LogP) is -1.63. The largest absolute Gasteiger partial charge is 0.468 e. The summed E-state index contributed by atoms with van der Waals surface area (Å²) >= 11 is 0. The molecule has 0 spiro atoms. The molecule has 10 nitrogen and oxygen atoms in total. The topological polar surface area (TPSA) is 150 Å². The van der Waals surface area contributed by atoms with Gasteiger partial charge in [0.1, 0.15) is 4.90 Å². The van der Waals surface area contributed by atoms with Crippen LogP contribution in [0.4, 0.5) is 5.82 Å². The molecule has 0 radical (unpaired) electrons. The van der Waals surface area contributed by atoms with E-state index < -0.39 is 42.0 Å². The molecule has 114 valence electrons. The zero-order valence-corrected chi connectivity index (χ0v) is 12.5. The highest BCUT2D eigenvalue weighted by atomic mass is 32.2. The van der Waals surface area contributed by atoms with Gasteiger partial charge in [0.15, 0.2) is 11.1 Å². The lowest BCUT2D eigenvalue weighted by molar-refractivity contribution is -0.139. The fourth-order valence-corrected chi connectivity index (χ4v) is 2.93. The number of primary sulfonamides is 1. The number of aromatic nitrogens is 2. The first-order valence-corrected chi connectivity index (χ1v) is 8.24. The number of carbonyl (C=O) groups is 1. The lowest BCUT2D eigenvalue weighted by Gasteiger charge is -2.11. The Morgan fingerprint density at radius 3 is 2.45 bits per heavy atom. The van der Waals surface area contributed by atoms with Gasteiger partial charge in [0, 0.05) is 13.2 Å². The van der Waals surface area contributed by atoms with Crippen molar-refractivity contribution in [3.05, 3.63) is 6.20 Å². The van der Waals surface area contributed by atoms with Gasteiger partial charge in [-0.2, -0.15) is 5.10 Å². The molecular weight excluding hydrogens is 312 g/mol. The molecule has 1 aromatic rings. The van der Waals surface area contributed by atoms with Crippen LogP contribution >= 0.6 is 0 Å². The third kappa shape index (κ3) is 3.46. The average molecular weight is 326 g/mol. The molecule has 1 unspecified atom stereocenters. The van der Waals surface area contributed by atoms with Gasteiger partial charge in [0.25, 0.3) is 0 Å². The summed E-state index contributed by atoms with van der Waals surface area (Å²) in [6.45, 7) is 1.09. The molecule has 0 bridgehead atoms. The van der Waals surface area contributed by atoms with Gasteiger partial charge in [0.05, 0.1) is 7.11 Å². The summed E-state index contributed by atoms with van der Waals surface area (Å²) in [5.41, 5.74) is 0. The van der Waals surface area contributed by atoms with Gasteiger partial charge < -0.3 is 4.74 Å². The van der Waals surface area contributed by atoms with E-state index >= 15 is 0 Å². The minimum atomic E-state index is -4.21. The number of esters is 1. The number of nitrogens with one attached hydrogen (secondary N) is 1. The second kappa shape index (κ2) is 5.38. The van der Waals surface area contributed by atoms with Crippen LogP contribution in [0.3, 0.4) is 0 Å². The molecule has 0 amide bonds. The second-order valence-electron chi connectivity index (χ2n) is 3.87. The van der Waals surface area contributed by atoms with Crippen LogP contribution in [-0.4, -0.2) is 44.9 Å². The number of hydrogen-bond donors (Lipinski definition) is 2. The molecule has 0 aliphatic heterocycles. The van der Waals surface area contributed by atoms with Crippen LogP contribution in [0.1, 0.15) is 6.92 Å². The maximum absolute atomic E-state index is 11.9. The minimum absolute atomic E-state index is 0.481. The standard InChI is InChI=1S/C8H14N4O6S2/c1-5(8(13)18-3)20(16,17)11-7-6(19(9,14)15)4-12(2)10-7/h4-5H,1-3H3,(H,10,11)(H2,9,14,15). The molecule has 1 aromatic heterocycles. The fraction of sp³-hybridized carbons (Fsp3) is 0.500. The Hall–Kier alpha value is -1.66. The molecule has 0 fully saturated rings. The fourth-order valence-electron chi connectivity index (χ4n) is 1.26. The van der Waals surface area contributed by atoms with Crippen molar-refractivity contribution in [1.29, 1.82) is 0 Å². The van der Waals surface area contributed by atoms with E-state index in [9.17, 15) is 21.6 Å². The minimum Gasteiger partial charge on any atom is -0.468 e. The predicted molar refractivity (Wildman–Crippen MR) is 68.6 cm³/mol. The molecule has 0 aliphatic rings. The summed E-state index contributed by atoms with van der Waals surface area (Å²) < 4.78 is 53.7. The highest BCUT2D eigenvalue weighted by Crippen LogP contribution is 2.20. The molecule has 1 atom stereocenters. The molecule has 1 heterocycles. The smallest absolute Gasteiger partial charge is 0.325 e. The Bertz CT molecular complexity index is 720. The van der Waals surface area contributed by atoms with E-state index in [0.717, 1.165) is 24.9 Å². The van der Waals surface area contributed by atoms with E-state index in [1.54, 1.807) is 0 Å². The number of nitrogens with zero attached hydrogens (tertiary/aromatic N) is 2. The number of rotatable bonds is 5. The van der Waals surface area contributed by atoms with Gasteiger partial charge >= 0.3 is 5.97 Å². The average Bonchev–Trinajstić information content (AvgIpc) is 2.67. The van der Waals surface area contributed by atoms with E-state index in [2.05, 4.69) is 9.84 Å². The van der Waals surface area contributed by atoms with Gasteiger partial charge in [-0.15, -0.1) is 0 Å². The van der Waals surface area contributed by atoms with Crippen molar-refractivity contribution in [2.24, 2.45) is 12.2 Å². The maximum Gasteiger partial charge on any atom is 0.325 e. The van der Waals surface area contributed by atoms with E-state index in [1.165, 1.54) is 7.05 Å². The zero-order valence-electron chi connectivity index (χ0n) is 10.9. The molecule has 3 N–H and O–H groups in total. The summed E-state index contributed by atoms with van der Waals surface area (Å²) in [5, 5.41) is 7.05. The van der Waals surface area contributed by atoms with Crippen molar-refractivity contribution >= 4 is 31.8 Å². The first-order chi connectivity index (χ1) is 8.99. The summed E-state index contributed by atoms with van der Waals surface area (Å²) in [6.07, 6.45) is 1.04. The Balaban J connectivity index is 3.21. The first kappa shape index (κ1) is 16.4. The summed E-state index contributed by atoms with van der Waals surface area (Å²) in [6, 6.07) is 0. The Morgan fingerprint density at radius 1 is 1.45 bits per heavy atom. The van der Waals surface area contributed by atoms with Crippen LogP contribution in [-0.2, 0) is 36.6 Å². The normalized spacial score (nSPS) is 13.8. The summed E-state index contributed by atoms with van der Waals surface area (Å²) in [7, 11) is -5.96. The van der Waals surface area contributed by atoms with E-state index in [0.29, 0.717) is 0 Å². The number of hydrogen-bond acceptors (Lipinski definition) is 7. The van der Waals surface area contributed by atoms with Crippen molar-refractivity contribution in [3.8, 4) is 0 Å². The highest BCUT2D eigenvalue weighted by Gasteiger charge is 2.31. The highest BCUT2D eigenvalue weighted by molar-refractivity contribution is 7.94. The van der Waals surface area contributed by atoms with Crippen molar-refractivity contribution in [1.82, 2.24) is 9.78 Å². The molecule has 1 rings (SSSR count). The van der Waals surface area contributed by atoms with Crippen LogP contribution in [0.15, 0.2) is 11.1 Å². The van der Waals surface area contributed by atoms with Crippen molar-refractivity contribution in [2.75, 3.05) is 11.8 Å². The quantitative estimate of drug-likeness (QED) is 0.616. The van der Waals surface area contributed by atoms with Crippen LogP contribution < -0.4 is 9.86 Å².